The van der Waals surface area contributed by atoms with Crippen LogP contribution in [-0.4, -0.2) is 37.8 Å². The number of rotatable bonds is 6. The molecular weight excluding hydrogens is 344 g/mol. The van der Waals surface area contributed by atoms with Gasteiger partial charge in [0.15, 0.2) is 5.11 Å². The molecule has 138 valence electrons. The summed E-state index contributed by atoms with van der Waals surface area (Å²) >= 11 is 5.62. The zero-order valence-electron chi connectivity index (χ0n) is 14.9. The zero-order valence-corrected chi connectivity index (χ0v) is 15.7. The first-order chi connectivity index (χ1) is 12.8. The predicted octanol–water partition coefficient (Wildman–Crippen LogP) is 3.35. The summed E-state index contributed by atoms with van der Waals surface area (Å²) < 4.78 is 2.38. The van der Waals surface area contributed by atoms with E-state index in [1.54, 1.807) is 0 Å². The van der Waals surface area contributed by atoms with Crippen molar-refractivity contribution in [3.8, 4) is 0 Å². The maximum atomic E-state index is 9.29. The van der Waals surface area contributed by atoms with Gasteiger partial charge in [-0.1, -0.05) is 18.9 Å². The Morgan fingerprint density at radius 1 is 1.23 bits per heavy atom. The average Bonchev–Trinajstić information content (AvgIpc) is 3.40. The largest absolute Gasteiger partial charge is 0.396 e. The summed E-state index contributed by atoms with van der Waals surface area (Å²) in [6.07, 6.45) is 12.2. The third kappa shape index (κ3) is 3.35. The second kappa shape index (κ2) is 7.76. The highest BCUT2D eigenvalue weighted by molar-refractivity contribution is 7.80. The number of pyridine rings is 1. The molecule has 1 aliphatic heterocycles. The first kappa shape index (κ1) is 17.5. The van der Waals surface area contributed by atoms with Crippen molar-refractivity contribution in [1.82, 2.24) is 19.8 Å². The minimum Gasteiger partial charge on any atom is -0.396 e. The zero-order chi connectivity index (χ0) is 17.9. The van der Waals surface area contributed by atoms with E-state index >= 15 is 0 Å². The van der Waals surface area contributed by atoms with Crippen LogP contribution in [0.4, 0.5) is 0 Å². The highest BCUT2D eigenvalue weighted by Gasteiger charge is 2.39. The standard InChI is InChI=1S/C20H26N4OS/c25-13-5-11-24-19(15-9-12-23(14-15)16-6-1-2-7-16)18(22-20(24)26)17-8-3-4-10-21-17/h3-4,8-10,12,14,16,18-19,25H,1-2,5-7,11,13H2,(H,22,26)/t18-,19-/m1/s1. The summed E-state index contributed by atoms with van der Waals surface area (Å²) in [5.74, 6) is 0. The van der Waals surface area contributed by atoms with Crippen LogP contribution < -0.4 is 5.32 Å². The van der Waals surface area contributed by atoms with E-state index in [2.05, 4.69) is 44.3 Å². The van der Waals surface area contributed by atoms with Crippen LogP contribution >= 0.6 is 12.2 Å². The molecule has 1 aliphatic carbocycles. The molecule has 1 saturated heterocycles. The van der Waals surface area contributed by atoms with Crippen molar-refractivity contribution in [1.29, 1.82) is 0 Å². The summed E-state index contributed by atoms with van der Waals surface area (Å²) in [5, 5.41) is 13.5. The number of aromatic nitrogens is 2. The number of thiocarbonyl (C=S) groups is 1. The van der Waals surface area contributed by atoms with Crippen molar-refractivity contribution in [3.05, 3.63) is 54.1 Å². The lowest BCUT2D eigenvalue weighted by molar-refractivity contribution is 0.247. The average molecular weight is 371 g/mol. The molecule has 2 aromatic heterocycles. The fourth-order valence-corrected chi connectivity index (χ4v) is 4.62. The van der Waals surface area contributed by atoms with E-state index in [1.165, 1.54) is 31.2 Å². The van der Waals surface area contributed by atoms with Gasteiger partial charge in [-0.25, -0.2) is 0 Å². The highest BCUT2D eigenvalue weighted by Crippen LogP contribution is 2.39. The van der Waals surface area contributed by atoms with Gasteiger partial charge in [-0.05, 0) is 55.2 Å². The van der Waals surface area contributed by atoms with Crippen LogP contribution in [0.5, 0.6) is 0 Å². The van der Waals surface area contributed by atoms with Crippen LogP contribution in [0.2, 0.25) is 0 Å². The molecule has 2 aliphatic rings. The van der Waals surface area contributed by atoms with Crippen molar-refractivity contribution in [2.45, 2.75) is 50.2 Å². The summed E-state index contributed by atoms with van der Waals surface area (Å²) in [4.78, 5) is 6.77. The van der Waals surface area contributed by atoms with Gasteiger partial charge < -0.3 is 19.9 Å². The smallest absolute Gasteiger partial charge is 0.170 e. The Kier molecular flexibility index (Phi) is 5.22. The fourth-order valence-electron chi connectivity index (χ4n) is 4.29. The molecule has 0 bridgehead atoms. The van der Waals surface area contributed by atoms with E-state index in [4.69, 9.17) is 12.2 Å². The number of hydrogen-bond acceptors (Lipinski definition) is 3. The summed E-state index contributed by atoms with van der Waals surface area (Å²) in [6.45, 7) is 0.911. The Morgan fingerprint density at radius 3 is 2.81 bits per heavy atom. The van der Waals surface area contributed by atoms with Crippen LogP contribution in [0, 0.1) is 0 Å². The van der Waals surface area contributed by atoms with Gasteiger partial charge in [0.25, 0.3) is 0 Å². The van der Waals surface area contributed by atoms with Gasteiger partial charge in [0.1, 0.15) is 0 Å². The molecule has 2 atom stereocenters. The van der Waals surface area contributed by atoms with E-state index in [1.807, 2.05) is 18.3 Å². The second-order valence-electron chi connectivity index (χ2n) is 7.23. The minimum absolute atomic E-state index is 0.0295. The van der Waals surface area contributed by atoms with Crippen molar-refractivity contribution >= 4 is 17.3 Å². The van der Waals surface area contributed by atoms with Gasteiger partial charge in [-0.2, -0.15) is 0 Å². The van der Waals surface area contributed by atoms with Crippen molar-refractivity contribution in [3.63, 3.8) is 0 Å². The predicted molar refractivity (Wildman–Crippen MR) is 106 cm³/mol. The normalized spacial score (nSPS) is 23.6. The van der Waals surface area contributed by atoms with Crippen LogP contribution in [0.3, 0.4) is 0 Å². The molecule has 0 spiro atoms. The Labute approximate surface area is 160 Å². The van der Waals surface area contributed by atoms with Crippen LogP contribution in [0.1, 0.15) is 61.5 Å². The third-order valence-electron chi connectivity index (χ3n) is 5.58. The van der Waals surface area contributed by atoms with E-state index < -0.39 is 0 Å². The monoisotopic (exact) mass is 370 g/mol. The number of nitrogens with one attached hydrogen (secondary N) is 1. The Hall–Kier alpha value is -1.92. The molecule has 2 fully saturated rings. The number of aliphatic hydroxyl groups is 1. The van der Waals surface area contributed by atoms with Crippen LogP contribution in [0.15, 0.2) is 42.9 Å². The van der Waals surface area contributed by atoms with Crippen LogP contribution in [0.25, 0.3) is 0 Å². The molecule has 2 N–H and O–H groups in total. The minimum atomic E-state index is 0.0295. The van der Waals surface area contributed by atoms with Gasteiger partial charge in [0.05, 0.1) is 17.8 Å². The summed E-state index contributed by atoms with van der Waals surface area (Å²) in [6, 6.07) is 8.99. The lowest BCUT2D eigenvalue weighted by Gasteiger charge is -2.27. The number of hydrogen-bond donors (Lipinski definition) is 2. The Balaban J connectivity index is 1.66. The van der Waals surface area contributed by atoms with E-state index in [9.17, 15) is 5.11 Å². The Bertz CT molecular complexity index is 741. The molecule has 6 heteroatoms. The molecule has 0 radical (unpaired) electrons. The lowest BCUT2D eigenvalue weighted by atomic mass is 9.99. The van der Waals surface area contributed by atoms with Crippen LogP contribution in [-0.2, 0) is 0 Å². The van der Waals surface area contributed by atoms with Gasteiger partial charge in [-0.3, -0.25) is 4.98 Å². The first-order valence-electron chi connectivity index (χ1n) is 9.54. The van der Waals surface area contributed by atoms with E-state index in [0.29, 0.717) is 12.5 Å². The van der Waals surface area contributed by atoms with Crippen molar-refractivity contribution in [2.24, 2.45) is 0 Å². The molecule has 2 aromatic rings. The molecule has 3 heterocycles. The summed E-state index contributed by atoms with van der Waals surface area (Å²) in [5.41, 5.74) is 2.26. The molecule has 0 unspecified atom stereocenters. The molecule has 0 amide bonds. The number of aliphatic hydroxyl groups excluding tert-OH is 1. The maximum Gasteiger partial charge on any atom is 0.170 e. The molecule has 1 saturated carbocycles. The maximum absolute atomic E-state index is 9.29. The van der Waals surface area contributed by atoms with Crippen molar-refractivity contribution < 1.29 is 5.11 Å². The van der Waals surface area contributed by atoms with Crippen molar-refractivity contribution in [2.75, 3.05) is 13.2 Å². The molecule has 26 heavy (non-hydrogen) atoms. The number of nitrogens with zero attached hydrogens (tertiary/aromatic N) is 3. The Morgan fingerprint density at radius 2 is 2.08 bits per heavy atom. The van der Waals surface area contributed by atoms with Gasteiger partial charge in [-0.15, -0.1) is 0 Å². The van der Waals surface area contributed by atoms with E-state index in [-0.39, 0.29) is 18.7 Å². The molecule has 5 nitrogen and oxygen atoms in total. The van der Waals surface area contributed by atoms with Gasteiger partial charge in [0, 0.05) is 37.8 Å². The summed E-state index contributed by atoms with van der Waals surface area (Å²) in [7, 11) is 0. The SMILES string of the molecule is OCCCN1C(=S)N[C@H](c2ccccn2)[C@H]1c1ccn(C2CCCC2)c1. The van der Waals surface area contributed by atoms with E-state index in [0.717, 1.165) is 17.4 Å². The highest BCUT2D eigenvalue weighted by atomic mass is 32.1. The molecule has 4 rings (SSSR count). The topological polar surface area (TPSA) is 53.3 Å². The lowest BCUT2D eigenvalue weighted by Crippen LogP contribution is -2.31. The third-order valence-corrected chi connectivity index (χ3v) is 5.93. The second-order valence-corrected chi connectivity index (χ2v) is 7.61. The quantitative estimate of drug-likeness (QED) is 0.764. The van der Waals surface area contributed by atoms with Gasteiger partial charge in [0.2, 0.25) is 0 Å². The molecular formula is C20H26N4OS. The van der Waals surface area contributed by atoms with Gasteiger partial charge >= 0.3 is 0 Å². The molecule has 0 aromatic carbocycles. The fraction of sp³-hybridized carbons (Fsp3) is 0.500. The first-order valence-corrected chi connectivity index (χ1v) is 9.95.